The van der Waals surface area contributed by atoms with E-state index in [1.807, 2.05) is 19.9 Å². The predicted molar refractivity (Wildman–Crippen MR) is 78.6 cm³/mol. The van der Waals surface area contributed by atoms with Crippen molar-refractivity contribution in [3.63, 3.8) is 0 Å². The van der Waals surface area contributed by atoms with Crippen molar-refractivity contribution in [2.75, 3.05) is 32.1 Å². The molecule has 19 heavy (non-hydrogen) atoms. The number of aromatic nitrogens is 1. The minimum absolute atomic E-state index is 0.0569. The second-order valence-electron chi connectivity index (χ2n) is 5.71. The molecule has 0 spiro atoms. The van der Waals surface area contributed by atoms with Gasteiger partial charge in [0, 0.05) is 30.9 Å². The summed E-state index contributed by atoms with van der Waals surface area (Å²) >= 11 is 0. The van der Waals surface area contributed by atoms with Crippen LogP contribution in [0.5, 0.6) is 0 Å². The number of hydrogen-bond donors (Lipinski definition) is 1. The summed E-state index contributed by atoms with van der Waals surface area (Å²) in [6.07, 6.45) is 2.42. The summed E-state index contributed by atoms with van der Waals surface area (Å²) in [5.74, 6) is 0.945. The first-order valence-electron chi connectivity index (χ1n) is 7.02. The van der Waals surface area contributed by atoms with E-state index in [-0.39, 0.29) is 6.61 Å². The number of rotatable bonds is 3. The van der Waals surface area contributed by atoms with E-state index in [1.54, 1.807) is 0 Å². The van der Waals surface area contributed by atoms with E-state index in [0.29, 0.717) is 6.04 Å². The second-order valence-corrected chi connectivity index (χ2v) is 5.71. The third-order valence-corrected chi connectivity index (χ3v) is 4.09. The van der Waals surface area contributed by atoms with Crippen LogP contribution in [0.1, 0.15) is 29.7 Å². The molecule has 1 aromatic rings. The summed E-state index contributed by atoms with van der Waals surface area (Å²) in [7, 11) is 4.27. The Balaban J connectivity index is 2.29. The Morgan fingerprint density at radius 1 is 1.47 bits per heavy atom. The first-order valence-corrected chi connectivity index (χ1v) is 7.02. The smallest absolute Gasteiger partial charge is 0.134 e. The monoisotopic (exact) mass is 263 g/mol. The first kappa shape index (κ1) is 14.3. The molecule has 1 aliphatic heterocycles. The van der Waals surface area contributed by atoms with Gasteiger partial charge in [0.15, 0.2) is 0 Å². The minimum atomic E-state index is 0.0569. The zero-order valence-electron chi connectivity index (χ0n) is 12.5. The fraction of sp³-hybridized carbons (Fsp3) is 0.667. The van der Waals surface area contributed by atoms with Crippen molar-refractivity contribution in [3.8, 4) is 0 Å². The van der Waals surface area contributed by atoms with Gasteiger partial charge in [0.2, 0.25) is 0 Å². The lowest BCUT2D eigenvalue weighted by Crippen LogP contribution is -2.45. The van der Waals surface area contributed by atoms with Crippen molar-refractivity contribution in [2.24, 2.45) is 0 Å². The molecule has 2 heterocycles. The highest BCUT2D eigenvalue weighted by Crippen LogP contribution is 2.26. The Hall–Kier alpha value is -1.13. The van der Waals surface area contributed by atoms with E-state index in [2.05, 4.69) is 28.9 Å². The molecule has 2 rings (SSSR count). The lowest BCUT2D eigenvalue weighted by Gasteiger charge is -2.37. The highest BCUT2D eigenvalue weighted by Gasteiger charge is 2.24. The summed E-state index contributed by atoms with van der Waals surface area (Å²) in [4.78, 5) is 9.27. The molecule has 1 unspecified atom stereocenters. The Labute approximate surface area is 116 Å². The number of pyridine rings is 1. The summed E-state index contributed by atoms with van der Waals surface area (Å²) in [6.45, 7) is 6.36. The van der Waals surface area contributed by atoms with Gasteiger partial charge in [0.05, 0.1) is 6.61 Å². The molecule has 0 radical (unpaired) electrons. The largest absolute Gasteiger partial charge is 0.392 e. The van der Waals surface area contributed by atoms with Crippen LogP contribution in [-0.4, -0.2) is 48.2 Å². The first-order chi connectivity index (χ1) is 9.02. The van der Waals surface area contributed by atoms with Gasteiger partial charge in [0.25, 0.3) is 0 Å². The quantitative estimate of drug-likeness (QED) is 0.901. The van der Waals surface area contributed by atoms with E-state index < -0.39 is 0 Å². The Bertz CT molecular complexity index is 447. The number of nitrogens with zero attached hydrogens (tertiary/aromatic N) is 3. The van der Waals surface area contributed by atoms with Gasteiger partial charge < -0.3 is 14.9 Å². The van der Waals surface area contributed by atoms with Crippen LogP contribution in [0, 0.1) is 13.8 Å². The third-order valence-electron chi connectivity index (χ3n) is 4.09. The van der Waals surface area contributed by atoms with E-state index in [4.69, 9.17) is 0 Å². The van der Waals surface area contributed by atoms with Crippen LogP contribution >= 0.6 is 0 Å². The number of piperidine rings is 1. The van der Waals surface area contributed by atoms with Crippen LogP contribution in [0.2, 0.25) is 0 Å². The van der Waals surface area contributed by atoms with Gasteiger partial charge >= 0.3 is 0 Å². The van der Waals surface area contributed by atoms with Gasteiger partial charge in [-0.05, 0) is 51.9 Å². The van der Waals surface area contributed by atoms with Crippen molar-refractivity contribution < 1.29 is 5.11 Å². The van der Waals surface area contributed by atoms with Gasteiger partial charge in [-0.2, -0.15) is 0 Å². The summed E-state index contributed by atoms with van der Waals surface area (Å²) < 4.78 is 0. The topological polar surface area (TPSA) is 39.6 Å². The van der Waals surface area contributed by atoms with Crippen molar-refractivity contribution in [1.82, 2.24) is 9.88 Å². The number of aryl methyl sites for hydroxylation is 2. The standard InChI is InChI=1S/C15H25N3O/c1-11-8-12(2)16-15(14(11)10-19)18(4)13-6-5-7-17(3)9-13/h8,13,19H,5-7,9-10H2,1-4H3. The molecule has 1 fully saturated rings. The number of likely N-dealkylation sites (N-methyl/N-ethyl adjacent to an activating group) is 2. The van der Waals surface area contributed by atoms with Crippen molar-refractivity contribution in [2.45, 2.75) is 39.3 Å². The zero-order valence-corrected chi connectivity index (χ0v) is 12.5. The van der Waals surface area contributed by atoms with E-state index >= 15 is 0 Å². The molecule has 106 valence electrons. The van der Waals surface area contributed by atoms with Crippen LogP contribution in [0.25, 0.3) is 0 Å². The highest BCUT2D eigenvalue weighted by atomic mass is 16.3. The summed E-state index contributed by atoms with van der Waals surface area (Å²) in [6, 6.07) is 2.52. The van der Waals surface area contributed by atoms with Crippen molar-refractivity contribution in [3.05, 3.63) is 22.9 Å². The lowest BCUT2D eigenvalue weighted by atomic mass is 10.0. The van der Waals surface area contributed by atoms with Gasteiger partial charge in [-0.1, -0.05) is 0 Å². The van der Waals surface area contributed by atoms with Crippen LogP contribution in [0.4, 0.5) is 5.82 Å². The molecule has 1 saturated heterocycles. The zero-order chi connectivity index (χ0) is 14.0. The van der Waals surface area contributed by atoms with E-state index in [1.165, 1.54) is 19.4 Å². The summed E-state index contributed by atoms with van der Waals surface area (Å²) in [5.41, 5.74) is 3.10. The number of likely N-dealkylation sites (tertiary alicyclic amines) is 1. The fourth-order valence-electron chi connectivity index (χ4n) is 2.96. The number of aliphatic hydroxyl groups excluding tert-OH is 1. The van der Waals surface area contributed by atoms with Crippen molar-refractivity contribution >= 4 is 5.82 Å². The number of aliphatic hydroxyl groups is 1. The maximum absolute atomic E-state index is 9.61. The highest BCUT2D eigenvalue weighted by molar-refractivity contribution is 5.51. The minimum Gasteiger partial charge on any atom is -0.392 e. The normalized spacial score (nSPS) is 20.6. The molecule has 0 saturated carbocycles. The fourth-order valence-corrected chi connectivity index (χ4v) is 2.96. The molecule has 1 aromatic heterocycles. The number of anilines is 1. The van der Waals surface area contributed by atoms with E-state index in [0.717, 1.165) is 29.2 Å². The van der Waals surface area contributed by atoms with Crippen LogP contribution in [-0.2, 0) is 6.61 Å². The molecule has 4 nitrogen and oxygen atoms in total. The molecule has 4 heteroatoms. The SMILES string of the molecule is Cc1cc(C)c(CO)c(N(C)C2CCCN(C)C2)n1. The molecular formula is C15H25N3O. The molecule has 1 aliphatic rings. The van der Waals surface area contributed by atoms with Gasteiger partial charge in [-0.3, -0.25) is 0 Å². The van der Waals surface area contributed by atoms with E-state index in [9.17, 15) is 5.11 Å². The maximum atomic E-state index is 9.61. The lowest BCUT2D eigenvalue weighted by molar-refractivity contribution is 0.246. The summed E-state index contributed by atoms with van der Waals surface area (Å²) in [5, 5.41) is 9.61. The molecule has 1 N–H and O–H groups in total. The Morgan fingerprint density at radius 3 is 2.84 bits per heavy atom. The predicted octanol–water partition coefficient (Wildman–Crippen LogP) is 1.72. The Morgan fingerprint density at radius 2 is 2.21 bits per heavy atom. The van der Waals surface area contributed by atoms with Crippen molar-refractivity contribution in [1.29, 1.82) is 0 Å². The molecular weight excluding hydrogens is 238 g/mol. The molecule has 0 amide bonds. The molecule has 1 atom stereocenters. The third kappa shape index (κ3) is 3.07. The second kappa shape index (κ2) is 5.88. The van der Waals surface area contributed by atoms with Crippen LogP contribution < -0.4 is 4.90 Å². The van der Waals surface area contributed by atoms with Gasteiger partial charge in [0.1, 0.15) is 5.82 Å². The maximum Gasteiger partial charge on any atom is 0.134 e. The number of hydrogen-bond acceptors (Lipinski definition) is 4. The van der Waals surface area contributed by atoms with Gasteiger partial charge in [-0.25, -0.2) is 4.98 Å². The molecule has 0 aromatic carbocycles. The average Bonchev–Trinajstić information content (AvgIpc) is 2.37. The van der Waals surface area contributed by atoms with Gasteiger partial charge in [-0.15, -0.1) is 0 Å². The van der Waals surface area contributed by atoms with Crippen LogP contribution in [0.15, 0.2) is 6.07 Å². The Kier molecular flexibility index (Phi) is 4.42. The average molecular weight is 263 g/mol. The van der Waals surface area contributed by atoms with Crippen LogP contribution in [0.3, 0.4) is 0 Å². The molecule has 0 aliphatic carbocycles. The molecule has 0 bridgehead atoms.